The fourth-order valence-electron chi connectivity index (χ4n) is 3.87. The number of imide groups is 1. The van der Waals surface area contributed by atoms with Gasteiger partial charge in [0.25, 0.3) is 5.91 Å². The van der Waals surface area contributed by atoms with Crippen LogP contribution in [0.5, 0.6) is 0 Å². The van der Waals surface area contributed by atoms with Crippen molar-refractivity contribution in [2.24, 2.45) is 0 Å². The van der Waals surface area contributed by atoms with E-state index in [1.54, 1.807) is 24.3 Å². The molecule has 1 aliphatic rings. The maximum absolute atomic E-state index is 12.9. The molecule has 0 saturated carbocycles. The third kappa shape index (κ3) is 4.44. The number of nitrogens with zero attached hydrogens (tertiary/aromatic N) is 3. The van der Waals surface area contributed by atoms with Crippen molar-refractivity contribution in [1.29, 1.82) is 5.26 Å². The van der Waals surface area contributed by atoms with Crippen LogP contribution in [0.2, 0.25) is 0 Å². The highest BCUT2D eigenvalue weighted by atomic mass is 16.2. The molecule has 1 aromatic heterocycles. The van der Waals surface area contributed by atoms with Crippen LogP contribution >= 0.6 is 0 Å². The quantitative estimate of drug-likeness (QED) is 0.581. The highest BCUT2D eigenvalue weighted by Crippen LogP contribution is 2.23. The van der Waals surface area contributed by atoms with Gasteiger partial charge in [0.05, 0.1) is 18.2 Å². The van der Waals surface area contributed by atoms with Gasteiger partial charge in [-0.2, -0.15) is 5.26 Å². The van der Waals surface area contributed by atoms with Crippen molar-refractivity contribution < 1.29 is 9.59 Å². The first-order chi connectivity index (χ1) is 14.9. The summed E-state index contributed by atoms with van der Waals surface area (Å²) in [5.74, 6) is -0.226. The van der Waals surface area contributed by atoms with Crippen LogP contribution in [-0.2, 0) is 24.2 Å². The van der Waals surface area contributed by atoms with Crippen molar-refractivity contribution in [3.63, 3.8) is 0 Å². The van der Waals surface area contributed by atoms with Crippen molar-refractivity contribution in [3.8, 4) is 6.07 Å². The molecule has 1 atom stereocenters. The second-order valence-electron chi connectivity index (χ2n) is 8.19. The third-order valence-electron chi connectivity index (χ3n) is 5.63. The smallest absolute Gasteiger partial charge is 0.325 e. The Labute approximate surface area is 181 Å². The molecule has 0 spiro atoms. The predicted octanol–water partition coefficient (Wildman–Crippen LogP) is 2.81. The monoisotopic (exact) mass is 415 g/mol. The molecule has 0 aliphatic carbocycles. The van der Waals surface area contributed by atoms with Gasteiger partial charge in [0.1, 0.15) is 6.04 Å². The summed E-state index contributed by atoms with van der Waals surface area (Å²) in [6, 6.07) is 14.1. The first-order valence-corrected chi connectivity index (χ1v) is 10.3. The second-order valence-corrected chi connectivity index (χ2v) is 8.19. The number of fused-ring (bicyclic) bond motifs is 1. The largest absolute Gasteiger partial charge is 0.361 e. The number of aromatic nitrogens is 1. The molecule has 7 heteroatoms. The molecule has 0 bridgehead atoms. The number of carbonyl (C=O) groups is 2. The lowest BCUT2D eigenvalue weighted by molar-refractivity contribution is -0.127. The minimum absolute atomic E-state index is 0.193. The normalized spacial score (nSPS) is 16.2. The van der Waals surface area contributed by atoms with Gasteiger partial charge >= 0.3 is 6.03 Å². The molecule has 1 saturated heterocycles. The zero-order chi connectivity index (χ0) is 22.0. The molecule has 3 amide bonds. The molecular weight excluding hydrogens is 390 g/mol. The van der Waals surface area contributed by atoms with Crippen LogP contribution < -0.4 is 5.32 Å². The Bertz CT molecular complexity index is 1160. The first-order valence-electron chi connectivity index (χ1n) is 10.3. The highest BCUT2D eigenvalue weighted by Gasteiger charge is 2.37. The number of H-pyrrole nitrogens is 1. The Balaban J connectivity index is 1.47. The Morgan fingerprint density at radius 3 is 2.55 bits per heavy atom. The van der Waals surface area contributed by atoms with E-state index in [0.29, 0.717) is 12.0 Å². The summed E-state index contributed by atoms with van der Waals surface area (Å²) in [6.07, 6.45) is 3.43. The Morgan fingerprint density at radius 2 is 1.84 bits per heavy atom. The van der Waals surface area contributed by atoms with Crippen LogP contribution in [0, 0.1) is 11.3 Å². The van der Waals surface area contributed by atoms with E-state index in [4.69, 9.17) is 5.26 Å². The highest BCUT2D eigenvalue weighted by molar-refractivity contribution is 6.04. The van der Waals surface area contributed by atoms with Gasteiger partial charge in [-0.05, 0) is 61.5 Å². The first kappa shape index (κ1) is 20.6. The van der Waals surface area contributed by atoms with E-state index in [9.17, 15) is 9.59 Å². The average Bonchev–Trinajstić information content (AvgIpc) is 3.28. The summed E-state index contributed by atoms with van der Waals surface area (Å²) in [5.41, 5.74) is 4.68. The molecule has 1 aliphatic heterocycles. The lowest BCUT2D eigenvalue weighted by atomic mass is 10.0. The van der Waals surface area contributed by atoms with Crippen molar-refractivity contribution in [3.05, 3.63) is 70.9 Å². The SMILES string of the molecule is CN(C)CCc1c[nH]c2ccc(CC3NC(=O)N(Cc4ccc(C#N)cc4)C3=O)cc12. The summed E-state index contributed by atoms with van der Waals surface area (Å²) in [7, 11) is 4.11. The molecule has 158 valence electrons. The maximum atomic E-state index is 12.9. The number of likely N-dealkylation sites (N-methyl/N-ethyl adjacent to an activating group) is 1. The molecule has 4 rings (SSSR count). The summed E-state index contributed by atoms with van der Waals surface area (Å²) in [6.45, 7) is 1.15. The van der Waals surface area contributed by atoms with Crippen LogP contribution in [-0.4, -0.2) is 53.4 Å². The molecule has 7 nitrogen and oxygen atoms in total. The number of carbonyl (C=O) groups excluding carboxylic acids is 2. The van der Waals surface area contributed by atoms with Gasteiger partial charge in [-0.1, -0.05) is 18.2 Å². The summed E-state index contributed by atoms with van der Waals surface area (Å²) < 4.78 is 0. The number of amides is 3. The zero-order valence-electron chi connectivity index (χ0n) is 17.7. The van der Waals surface area contributed by atoms with Gasteiger partial charge in [0.2, 0.25) is 0 Å². The van der Waals surface area contributed by atoms with E-state index in [1.165, 1.54) is 10.5 Å². The van der Waals surface area contributed by atoms with Gasteiger partial charge in [-0.25, -0.2) is 4.79 Å². The van der Waals surface area contributed by atoms with Gasteiger partial charge in [-0.3, -0.25) is 9.69 Å². The molecular formula is C24H25N5O2. The van der Waals surface area contributed by atoms with Gasteiger partial charge in [-0.15, -0.1) is 0 Å². The summed E-state index contributed by atoms with van der Waals surface area (Å²) >= 11 is 0. The number of nitriles is 1. The maximum Gasteiger partial charge on any atom is 0.325 e. The van der Waals surface area contributed by atoms with Gasteiger partial charge in [0.15, 0.2) is 0 Å². The van der Waals surface area contributed by atoms with Crippen LogP contribution in [0.1, 0.15) is 22.3 Å². The lowest BCUT2D eigenvalue weighted by Crippen LogP contribution is -2.32. The van der Waals surface area contributed by atoms with E-state index in [1.807, 2.05) is 18.3 Å². The van der Waals surface area contributed by atoms with E-state index in [-0.39, 0.29) is 18.5 Å². The van der Waals surface area contributed by atoms with Crippen LogP contribution in [0.15, 0.2) is 48.7 Å². The number of benzene rings is 2. The molecule has 1 unspecified atom stereocenters. The molecule has 2 aromatic carbocycles. The fourth-order valence-corrected chi connectivity index (χ4v) is 3.87. The topological polar surface area (TPSA) is 92.2 Å². The number of aromatic amines is 1. The van der Waals surface area contributed by atoms with E-state index in [0.717, 1.165) is 35.0 Å². The van der Waals surface area contributed by atoms with Crippen molar-refractivity contribution in [1.82, 2.24) is 20.1 Å². The van der Waals surface area contributed by atoms with Gasteiger partial charge < -0.3 is 15.2 Å². The Morgan fingerprint density at radius 1 is 1.10 bits per heavy atom. The molecule has 2 heterocycles. The Kier molecular flexibility index (Phi) is 5.74. The van der Waals surface area contributed by atoms with Crippen LogP contribution in [0.25, 0.3) is 10.9 Å². The number of nitrogens with one attached hydrogen (secondary N) is 2. The van der Waals surface area contributed by atoms with E-state index >= 15 is 0 Å². The summed E-state index contributed by atoms with van der Waals surface area (Å²) in [5, 5.41) is 12.9. The van der Waals surface area contributed by atoms with Crippen molar-refractivity contribution >= 4 is 22.8 Å². The number of hydrogen-bond donors (Lipinski definition) is 2. The zero-order valence-corrected chi connectivity index (χ0v) is 17.7. The molecule has 3 aromatic rings. The van der Waals surface area contributed by atoms with Crippen LogP contribution in [0.4, 0.5) is 4.79 Å². The van der Waals surface area contributed by atoms with Crippen molar-refractivity contribution in [2.45, 2.75) is 25.4 Å². The molecule has 1 fully saturated rings. The lowest BCUT2D eigenvalue weighted by Gasteiger charge is -2.13. The van der Waals surface area contributed by atoms with E-state index in [2.05, 4.69) is 41.4 Å². The second kappa shape index (κ2) is 8.62. The fraction of sp³-hybridized carbons (Fsp3) is 0.292. The number of hydrogen-bond acceptors (Lipinski definition) is 4. The summed E-state index contributed by atoms with van der Waals surface area (Å²) in [4.78, 5) is 32.0. The number of rotatable bonds is 7. The standard InChI is InChI=1S/C24H25N5O2/c1-28(2)10-9-19-14-26-21-8-7-18(11-20(19)21)12-22-23(30)29(24(31)27-22)15-17-5-3-16(13-25)4-6-17/h3-8,11,14,22,26H,9-10,12,15H2,1-2H3,(H,27,31). The Hall–Kier alpha value is -3.63. The molecule has 31 heavy (non-hydrogen) atoms. The average molecular weight is 415 g/mol. The molecule has 2 N–H and O–H groups in total. The predicted molar refractivity (Wildman–Crippen MR) is 118 cm³/mol. The van der Waals surface area contributed by atoms with E-state index < -0.39 is 6.04 Å². The van der Waals surface area contributed by atoms with Crippen molar-refractivity contribution in [2.75, 3.05) is 20.6 Å². The molecule has 0 radical (unpaired) electrons. The number of urea groups is 1. The van der Waals surface area contributed by atoms with Gasteiger partial charge in [0, 0.05) is 30.1 Å². The van der Waals surface area contributed by atoms with Crippen LogP contribution in [0.3, 0.4) is 0 Å². The third-order valence-corrected chi connectivity index (χ3v) is 5.63. The minimum Gasteiger partial charge on any atom is -0.361 e. The minimum atomic E-state index is -0.576.